The highest BCUT2D eigenvalue weighted by atomic mass is 32.2. The second kappa shape index (κ2) is 7.59. The van der Waals surface area contributed by atoms with E-state index in [1.807, 2.05) is 18.2 Å². The summed E-state index contributed by atoms with van der Waals surface area (Å²) in [6.45, 7) is 4.03. The molecule has 1 aromatic heterocycles. The summed E-state index contributed by atoms with van der Waals surface area (Å²) in [6.07, 6.45) is 2.75. The summed E-state index contributed by atoms with van der Waals surface area (Å²) >= 11 is 0. The Balaban J connectivity index is 1.82. The Morgan fingerprint density at radius 1 is 1.12 bits per heavy atom. The van der Waals surface area contributed by atoms with Gasteiger partial charge in [0.2, 0.25) is 10.0 Å². The number of ether oxygens (including phenoxy) is 1. The summed E-state index contributed by atoms with van der Waals surface area (Å²) in [5, 5.41) is 4.16. The number of benzene rings is 1. The van der Waals surface area contributed by atoms with Crippen LogP contribution in [0.1, 0.15) is 35.4 Å². The van der Waals surface area contributed by atoms with Crippen molar-refractivity contribution >= 4 is 15.9 Å². The molecule has 1 fully saturated rings. The molecule has 8 heteroatoms. The number of hydrogen-bond acceptors (Lipinski definition) is 5. The zero-order valence-corrected chi connectivity index (χ0v) is 15.8. The number of sulfonamides is 1. The summed E-state index contributed by atoms with van der Waals surface area (Å²) in [6, 6.07) is 8.98. The summed E-state index contributed by atoms with van der Waals surface area (Å²) < 4.78 is 34.0. The van der Waals surface area contributed by atoms with Crippen LogP contribution in [0.2, 0.25) is 0 Å². The second-order valence-electron chi connectivity index (χ2n) is 6.37. The molecular weight excluding hydrogens is 354 g/mol. The molecule has 0 saturated carbocycles. The van der Waals surface area contributed by atoms with Gasteiger partial charge in [-0.3, -0.25) is 4.79 Å². The maximum absolute atomic E-state index is 13.0. The molecule has 2 aromatic rings. The minimum absolute atomic E-state index is 0.132. The van der Waals surface area contributed by atoms with Crippen LogP contribution in [0.5, 0.6) is 5.75 Å². The van der Waals surface area contributed by atoms with Crippen molar-refractivity contribution in [3.63, 3.8) is 0 Å². The summed E-state index contributed by atoms with van der Waals surface area (Å²) in [4.78, 5) is 12.6. The molecule has 0 unspecified atom stereocenters. The molecule has 26 heavy (non-hydrogen) atoms. The van der Waals surface area contributed by atoms with Crippen molar-refractivity contribution in [2.24, 2.45) is 0 Å². The summed E-state index contributed by atoms with van der Waals surface area (Å²) in [5.74, 6) is 0.165. The standard InChI is InChI=1S/C18H23N3O4S/c1-14-18(26(23,24)20-11-7-4-8-12-20)15(2)21(19-14)17(22)13-25-16-9-5-3-6-10-16/h3,5-6,9-10H,4,7-8,11-13H2,1-2H3. The lowest BCUT2D eigenvalue weighted by Gasteiger charge is -2.25. The minimum atomic E-state index is -3.65. The number of carbonyl (C=O) groups is 1. The Hall–Kier alpha value is -2.19. The maximum Gasteiger partial charge on any atom is 0.285 e. The number of carbonyl (C=O) groups excluding carboxylic acids is 1. The molecule has 0 radical (unpaired) electrons. The van der Waals surface area contributed by atoms with Crippen LogP contribution in [0, 0.1) is 13.8 Å². The van der Waals surface area contributed by atoms with Gasteiger partial charge in [-0.15, -0.1) is 0 Å². The Labute approximate surface area is 153 Å². The molecule has 1 aromatic carbocycles. The number of piperidine rings is 1. The van der Waals surface area contributed by atoms with Crippen LogP contribution in [0.4, 0.5) is 0 Å². The first-order chi connectivity index (χ1) is 12.4. The smallest absolute Gasteiger partial charge is 0.285 e. The van der Waals surface area contributed by atoms with E-state index in [1.54, 1.807) is 26.0 Å². The first-order valence-electron chi connectivity index (χ1n) is 8.68. The molecule has 0 aliphatic carbocycles. The zero-order valence-electron chi connectivity index (χ0n) is 15.0. The Kier molecular flexibility index (Phi) is 5.43. The van der Waals surface area contributed by atoms with Crippen molar-refractivity contribution in [1.29, 1.82) is 0 Å². The van der Waals surface area contributed by atoms with E-state index in [4.69, 9.17) is 4.74 Å². The first kappa shape index (κ1) is 18.6. The number of hydrogen-bond donors (Lipinski definition) is 0. The molecule has 7 nitrogen and oxygen atoms in total. The largest absolute Gasteiger partial charge is 0.484 e. The predicted octanol–water partition coefficient (Wildman–Crippen LogP) is 2.39. The Bertz CT molecular complexity index is 885. The Morgan fingerprint density at radius 2 is 1.77 bits per heavy atom. The van der Waals surface area contributed by atoms with Crippen molar-refractivity contribution in [1.82, 2.24) is 14.1 Å². The molecule has 140 valence electrons. The molecule has 1 aliphatic heterocycles. The van der Waals surface area contributed by atoms with E-state index < -0.39 is 15.9 Å². The van der Waals surface area contributed by atoms with Crippen molar-refractivity contribution in [2.75, 3.05) is 19.7 Å². The van der Waals surface area contributed by atoms with Crippen LogP contribution < -0.4 is 4.74 Å². The van der Waals surface area contributed by atoms with Crippen LogP contribution in [0.15, 0.2) is 35.2 Å². The quantitative estimate of drug-likeness (QED) is 0.799. The van der Waals surface area contributed by atoms with Crippen LogP contribution >= 0.6 is 0 Å². The van der Waals surface area contributed by atoms with Gasteiger partial charge in [0.1, 0.15) is 10.6 Å². The lowest BCUT2D eigenvalue weighted by Crippen LogP contribution is -2.36. The van der Waals surface area contributed by atoms with E-state index in [-0.39, 0.29) is 11.5 Å². The highest BCUT2D eigenvalue weighted by Gasteiger charge is 2.32. The Morgan fingerprint density at radius 3 is 2.42 bits per heavy atom. The highest BCUT2D eigenvalue weighted by Crippen LogP contribution is 2.26. The van der Waals surface area contributed by atoms with E-state index in [2.05, 4.69) is 5.10 Å². The second-order valence-corrected chi connectivity index (χ2v) is 8.25. The van der Waals surface area contributed by atoms with Gasteiger partial charge in [-0.25, -0.2) is 13.1 Å². The predicted molar refractivity (Wildman–Crippen MR) is 96.9 cm³/mol. The minimum Gasteiger partial charge on any atom is -0.484 e. The van der Waals surface area contributed by atoms with Gasteiger partial charge in [0, 0.05) is 13.1 Å². The zero-order chi connectivity index (χ0) is 18.7. The van der Waals surface area contributed by atoms with Gasteiger partial charge in [0.05, 0.1) is 11.4 Å². The number of para-hydroxylation sites is 1. The highest BCUT2D eigenvalue weighted by molar-refractivity contribution is 7.89. The van der Waals surface area contributed by atoms with Gasteiger partial charge in [0.15, 0.2) is 6.61 Å². The third kappa shape index (κ3) is 3.66. The molecule has 1 saturated heterocycles. The van der Waals surface area contributed by atoms with E-state index >= 15 is 0 Å². The monoisotopic (exact) mass is 377 g/mol. The molecule has 0 amide bonds. The summed E-state index contributed by atoms with van der Waals surface area (Å²) in [7, 11) is -3.65. The van der Waals surface area contributed by atoms with Crippen molar-refractivity contribution < 1.29 is 17.9 Å². The molecule has 0 spiro atoms. The van der Waals surface area contributed by atoms with Gasteiger partial charge in [-0.2, -0.15) is 9.40 Å². The lowest BCUT2D eigenvalue weighted by molar-refractivity contribution is 0.0818. The van der Waals surface area contributed by atoms with Crippen molar-refractivity contribution in [3.8, 4) is 5.75 Å². The van der Waals surface area contributed by atoms with Crippen molar-refractivity contribution in [3.05, 3.63) is 41.7 Å². The molecule has 0 atom stereocenters. The van der Waals surface area contributed by atoms with Crippen LogP contribution in [0.3, 0.4) is 0 Å². The van der Waals surface area contributed by atoms with Gasteiger partial charge in [-0.1, -0.05) is 24.6 Å². The molecule has 1 aliphatic rings. The van der Waals surface area contributed by atoms with Crippen molar-refractivity contribution in [2.45, 2.75) is 38.0 Å². The van der Waals surface area contributed by atoms with Gasteiger partial charge in [-0.05, 0) is 38.8 Å². The molecule has 2 heterocycles. The SMILES string of the molecule is Cc1nn(C(=O)COc2ccccc2)c(C)c1S(=O)(=O)N1CCCCC1. The van der Waals surface area contributed by atoms with Gasteiger partial charge in [0.25, 0.3) is 5.91 Å². The van der Waals surface area contributed by atoms with Crippen LogP contribution in [-0.2, 0) is 10.0 Å². The van der Waals surface area contributed by atoms with Crippen LogP contribution in [-0.4, -0.2) is 48.1 Å². The molecule has 0 N–H and O–H groups in total. The topological polar surface area (TPSA) is 81.5 Å². The summed E-state index contributed by atoms with van der Waals surface area (Å²) in [5.41, 5.74) is 0.663. The third-order valence-electron chi connectivity index (χ3n) is 4.48. The van der Waals surface area contributed by atoms with Gasteiger partial charge >= 0.3 is 0 Å². The molecule has 0 bridgehead atoms. The van der Waals surface area contributed by atoms with E-state index in [0.29, 0.717) is 30.2 Å². The molecule has 3 rings (SSSR count). The fourth-order valence-corrected chi connectivity index (χ4v) is 5.07. The average Bonchev–Trinajstić information content (AvgIpc) is 2.96. The van der Waals surface area contributed by atoms with E-state index in [9.17, 15) is 13.2 Å². The van der Waals surface area contributed by atoms with Crippen LogP contribution in [0.25, 0.3) is 0 Å². The normalized spacial score (nSPS) is 15.8. The third-order valence-corrected chi connectivity index (χ3v) is 6.63. The number of rotatable bonds is 5. The van der Waals surface area contributed by atoms with E-state index in [1.165, 1.54) is 4.31 Å². The number of aryl methyl sites for hydroxylation is 1. The van der Waals surface area contributed by atoms with E-state index in [0.717, 1.165) is 23.9 Å². The number of nitrogens with zero attached hydrogens (tertiary/aromatic N) is 3. The number of aromatic nitrogens is 2. The first-order valence-corrected chi connectivity index (χ1v) is 10.1. The fourth-order valence-electron chi connectivity index (χ4n) is 3.20. The maximum atomic E-state index is 13.0. The van der Waals surface area contributed by atoms with Gasteiger partial charge < -0.3 is 4.74 Å². The molecular formula is C18H23N3O4S. The average molecular weight is 377 g/mol. The lowest BCUT2D eigenvalue weighted by atomic mass is 10.2. The fraction of sp³-hybridized carbons (Fsp3) is 0.444.